The highest BCUT2D eigenvalue weighted by Gasteiger charge is 2.44. The zero-order chi connectivity index (χ0) is 19.3. The van der Waals surface area contributed by atoms with Crippen molar-refractivity contribution in [2.24, 2.45) is 0 Å². The van der Waals surface area contributed by atoms with Crippen LogP contribution in [0.5, 0.6) is 0 Å². The maximum Gasteiger partial charge on any atom is 0.405 e. The summed E-state index contributed by atoms with van der Waals surface area (Å²) in [4.78, 5) is 25.8. The van der Waals surface area contributed by atoms with E-state index in [9.17, 15) is 22.8 Å². The number of rotatable bonds is 6. The minimum absolute atomic E-state index is 0.152. The minimum Gasteiger partial charge on any atom is -0.350 e. The monoisotopic (exact) mass is 375 g/mol. The number of carbonyl (C=O) groups excluding carboxylic acids is 1. The SMILES string of the molecule is CCc1n[nH]c(=O)c(C(=O)NCC(N2CCNCC2)C(F)(F)F)c1CC. The number of hydrogen-bond donors (Lipinski definition) is 3. The second kappa shape index (κ2) is 8.63. The van der Waals surface area contributed by atoms with Gasteiger partial charge in [-0.25, -0.2) is 5.10 Å². The maximum absolute atomic E-state index is 13.4. The van der Waals surface area contributed by atoms with Gasteiger partial charge in [0, 0.05) is 32.7 Å². The number of halogens is 3. The van der Waals surface area contributed by atoms with Crippen molar-refractivity contribution in [2.45, 2.75) is 38.9 Å². The van der Waals surface area contributed by atoms with Crippen molar-refractivity contribution in [1.29, 1.82) is 0 Å². The molecule has 1 aliphatic rings. The molecule has 0 aliphatic carbocycles. The average molecular weight is 375 g/mol. The largest absolute Gasteiger partial charge is 0.405 e. The fraction of sp³-hybridized carbons (Fsp3) is 0.688. The van der Waals surface area contributed by atoms with Gasteiger partial charge in [-0.15, -0.1) is 0 Å². The van der Waals surface area contributed by atoms with E-state index >= 15 is 0 Å². The van der Waals surface area contributed by atoms with E-state index in [1.54, 1.807) is 6.92 Å². The first-order chi connectivity index (χ1) is 12.3. The van der Waals surface area contributed by atoms with Crippen LogP contribution in [-0.4, -0.2) is 65.9 Å². The predicted octanol–water partition coefficient (Wildman–Crippen LogP) is 0.461. The minimum atomic E-state index is -4.47. The van der Waals surface area contributed by atoms with E-state index in [4.69, 9.17) is 0 Å². The molecular weight excluding hydrogens is 351 g/mol. The standard InChI is InChI=1S/C16H24F3N5O2/c1-3-10-11(4-2)22-23-15(26)13(10)14(25)21-9-12(16(17,18)19)24-7-5-20-6-8-24/h12,20H,3-9H2,1-2H3,(H,21,25)(H,23,26). The molecule has 0 spiro atoms. The topological polar surface area (TPSA) is 90.1 Å². The average Bonchev–Trinajstić information content (AvgIpc) is 2.61. The highest BCUT2D eigenvalue weighted by Crippen LogP contribution is 2.25. The van der Waals surface area contributed by atoms with Crippen molar-refractivity contribution in [2.75, 3.05) is 32.7 Å². The Labute approximate surface area is 149 Å². The Morgan fingerprint density at radius 2 is 1.92 bits per heavy atom. The van der Waals surface area contributed by atoms with Crippen LogP contribution in [0.4, 0.5) is 13.2 Å². The molecule has 146 valence electrons. The van der Waals surface area contributed by atoms with E-state index in [-0.39, 0.29) is 18.7 Å². The summed E-state index contributed by atoms with van der Waals surface area (Å²) < 4.78 is 40.2. The Bertz CT molecular complexity index is 683. The number of amides is 1. The number of piperazine rings is 1. The second-order valence-corrected chi connectivity index (χ2v) is 6.11. The molecule has 1 aromatic heterocycles. The van der Waals surface area contributed by atoms with Crippen molar-refractivity contribution in [3.63, 3.8) is 0 Å². The Balaban J connectivity index is 2.19. The van der Waals surface area contributed by atoms with Gasteiger partial charge in [0.2, 0.25) is 0 Å². The van der Waals surface area contributed by atoms with Crippen LogP contribution in [0.15, 0.2) is 4.79 Å². The van der Waals surface area contributed by atoms with Crippen LogP contribution in [0.25, 0.3) is 0 Å². The molecule has 3 N–H and O–H groups in total. The summed E-state index contributed by atoms with van der Waals surface area (Å²) in [7, 11) is 0. The number of aromatic nitrogens is 2. The van der Waals surface area contributed by atoms with Crippen LogP contribution in [0, 0.1) is 0 Å². The number of alkyl halides is 3. The highest BCUT2D eigenvalue weighted by atomic mass is 19.4. The van der Waals surface area contributed by atoms with Gasteiger partial charge in [0.15, 0.2) is 0 Å². The number of carbonyl (C=O) groups is 1. The van der Waals surface area contributed by atoms with Crippen LogP contribution >= 0.6 is 0 Å². The zero-order valence-corrected chi connectivity index (χ0v) is 14.9. The van der Waals surface area contributed by atoms with E-state index in [1.165, 1.54) is 4.90 Å². The molecule has 1 amide bonds. The number of hydrogen-bond acceptors (Lipinski definition) is 5. The molecule has 0 aromatic carbocycles. The van der Waals surface area contributed by atoms with Crippen LogP contribution in [0.3, 0.4) is 0 Å². The van der Waals surface area contributed by atoms with E-state index in [1.807, 2.05) is 6.92 Å². The first-order valence-electron chi connectivity index (χ1n) is 8.69. The summed E-state index contributed by atoms with van der Waals surface area (Å²) in [5.74, 6) is -0.801. The molecule has 7 nitrogen and oxygen atoms in total. The lowest BCUT2D eigenvalue weighted by Gasteiger charge is -2.35. The summed E-state index contributed by atoms with van der Waals surface area (Å²) in [6.07, 6.45) is -3.58. The Morgan fingerprint density at radius 3 is 2.46 bits per heavy atom. The van der Waals surface area contributed by atoms with Crippen molar-refractivity contribution in [3.8, 4) is 0 Å². The number of nitrogens with zero attached hydrogens (tertiary/aromatic N) is 2. The molecule has 0 bridgehead atoms. The summed E-state index contributed by atoms with van der Waals surface area (Å²) in [6, 6.07) is -1.79. The third kappa shape index (κ3) is 4.61. The maximum atomic E-state index is 13.4. The number of nitrogens with one attached hydrogen (secondary N) is 3. The van der Waals surface area contributed by atoms with Gasteiger partial charge in [-0.05, 0) is 18.4 Å². The number of aromatic amines is 1. The van der Waals surface area contributed by atoms with Crippen LogP contribution < -0.4 is 16.2 Å². The molecule has 1 fully saturated rings. The Morgan fingerprint density at radius 1 is 1.27 bits per heavy atom. The predicted molar refractivity (Wildman–Crippen MR) is 90.2 cm³/mol. The third-order valence-corrected chi connectivity index (χ3v) is 4.51. The molecule has 1 aromatic rings. The lowest BCUT2D eigenvalue weighted by Crippen LogP contribution is -2.57. The molecule has 1 aliphatic heterocycles. The molecule has 2 heterocycles. The van der Waals surface area contributed by atoms with Crippen LogP contribution in [0.1, 0.15) is 35.5 Å². The van der Waals surface area contributed by atoms with E-state index in [2.05, 4.69) is 20.8 Å². The quantitative estimate of drug-likeness (QED) is 0.672. The third-order valence-electron chi connectivity index (χ3n) is 4.51. The van der Waals surface area contributed by atoms with Gasteiger partial charge in [0.25, 0.3) is 11.5 Å². The fourth-order valence-corrected chi connectivity index (χ4v) is 3.16. The van der Waals surface area contributed by atoms with Crippen LogP contribution in [0.2, 0.25) is 0 Å². The molecule has 0 saturated carbocycles. The van der Waals surface area contributed by atoms with E-state index < -0.39 is 30.2 Å². The van der Waals surface area contributed by atoms with Gasteiger partial charge in [0.05, 0.1) is 5.69 Å². The molecule has 1 saturated heterocycles. The number of H-pyrrole nitrogens is 1. The molecule has 0 radical (unpaired) electrons. The van der Waals surface area contributed by atoms with Crippen molar-refractivity contribution in [1.82, 2.24) is 25.7 Å². The van der Waals surface area contributed by atoms with Gasteiger partial charge in [-0.3, -0.25) is 14.5 Å². The zero-order valence-electron chi connectivity index (χ0n) is 14.9. The van der Waals surface area contributed by atoms with Gasteiger partial charge in [-0.1, -0.05) is 13.8 Å². The molecule has 1 unspecified atom stereocenters. The fourth-order valence-electron chi connectivity index (χ4n) is 3.16. The molecule has 10 heteroatoms. The normalized spacial score (nSPS) is 17.1. The highest BCUT2D eigenvalue weighted by molar-refractivity contribution is 5.95. The van der Waals surface area contributed by atoms with Crippen molar-refractivity contribution < 1.29 is 18.0 Å². The number of aryl methyl sites for hydroxylation is 1. The summed E-state index contributed by atoms with van der Waals surface area (Å²) in [5.41, 5.74) is 0.189. The lowest BCUT2D eigenvalue weighted by molar-refractivity contribution is -0.183. The van der Waals surface area contributed by atoms with Gasteiger partial charge < -0.3 is 10.6 Å². The first kappa shape index (κ1) is 20.4. The van der Waals surface area contributed by atoms with Gasteiger partial charge in [0.1, 0.15) is 11.6 Å². The molecule has 2 rings (SSSR count). The second-order valence-electron chi connectivity index (χ2n) is 6.11. The van der Waals surface area contributed by atoms with Gasteiger partial charge >= 0.3 is 6.18 Å². The van der Waals surface area contributed by atoms with Gasteiger partial charge in [-0.2, -0.15) is 18.3 Å². The molecule has 26 heavy (non-hydrogen) atoms. The van der Waals surface area contributed by atoms with Crippen molar-refractivity contribution in [3.05, 3.63) is 27.2 Å². The van der Waals surface area contributed by atoms with Crippen molar-refractivity contribution >= 4 is 5.91 Å². The summed E-state index contributed by atoms with van der Waals surface area (Å²) >= 11 is 0. The summed E-state index contributed by atoms with van der Waals surface area (Å²) in [5, 5.41) is 11.5. The van der Waals surface area contributed by atoms with E-state index in [0.29, 0.717) is 37.2 Å². The summed E-state index contributed by atoms with van der Waals surface area (Å²) in [6.45, 7) is 4.41. The first-order valence-corrected chi connectivity index (χ1v) is 8.69. The Hall–Kier alpha value is -1.94. The van der Waals surface area contributed by atoms with E-state index in [0.717, 1.165) is 0 Å². The smallest absolute Gasteiger partial charge is 0.350 e. The van der Waals surface area contributed by atoms with Crippen LogP contribution in [-0.2, 0) is 12.8 Å². The lowest BCUT2D eigenvalue weighted by atomic mass is 10.0. The molecule has 1 atom stereocenters. The molecular formula is C16H24F3N5O2. The Kier molecular flexibility index (Phi) is 6.76.